The fourth-order valence-electron chi connectivity index (χ4n) is 2.49. The van der Waals surface area contributed by atoms with Crippen LogP contribution in [0.4, 0.5) is 11.4 Å². The maximum Gasteiger partial charge on any atom is 0.0479 e. The molecule has 4 heteroatoms. The fraction of sp³-hybridized carbons (Fsp3) is 0.571. The van der Waals surface area contributed by atoms with E-state index < -0.39 is 0 Å². The van der Waals surface area contributed by atoms with Crippen LogP contribution in [0, 0.1) is 3.57 Å². The van der Waals surface area contributed by atoms with Crippen LogP contribution < -0.4 is 11.1 Å². The molecular formula is C14H22IN3. The van der Waals surface area contributed by atoms with Crippen molar-refractivity contribution in [3.63, 3.8) is 0 Å². The first-order chi connectivity index (χ1) is 8.65. The Balaban J connectivity index is 1.87. The van der Waals surface area contributed by atoms with Crippen molar-refractivity contribution in [2.75, 3.05) is 30.7 Å². The molecule has 3 nitrogen and oxygen atoms in total. The van der Waals surface area contributed by atoms with Crippen molar-refractivity contribution in [3.05, 3.63) is 21.8 Å². The molecule has 1 fully saturated rings. The van der Waals surface area contributed by atoms with Crippen molar-refractivity contribution in [2.45, 2.75) is 32.2 Å². The highest BCUT2D eigenvalue weighted by Gasteiger charge is 2.13. The molecule has 1 aromatic rings. The standard InChI is InChI=1S/C14H22IN3/c1-11(10-18-7-3-2-4-8-18)17-14-6-5-12(16)9-13(14)15/h5-6,9,11,17H,2-4,7-8,10,16H2,1H3. The van der Waals surface area contributed by atoms with Crippen LogP contribution in [0.2, 0.25) is 0 Å². The summed E-state index contributed by atoms with van der Waals surface area (Å²) in [4.78, 5) is 2.56. The predicted octanol–water partition coefficient (Wildman–Crippen LogP) is 3.16. The number of nitrogen functional groups attached to an aromatic ring is 1. The van der Waals surface area contributed by atoms with Gasteiger partial charge in [-0.25, -0.2) is 0 Å². The van der Waals surface area contributed by atoms with E-state index in [0.29, 0.717) is 6.04 Å². The summed E-state index contributed by atoms with van der Waals surface area (Å²) in [6, 6.07) is 6.51. The zero-order chi connectivity index (χ0) is 13.0. The van der Waals surface area contributed by atoms with Crippen LogP contribution >= 0.6 is 22.6 Å². The van der Waals surface area contributed by atoms with E-state index in [9.17, 15) is 0 Å². The molecule has 1 heterocycles. The molecule has 1 atom stereocenters. The summed E-state index contributed by atoms with van der Waals surface area (Å²) in [6.45, 7) is 5.89. The zero-order valence-electron chi connectivity index (χ0n) is 11.0. The largest absolute Gasteiger partial charge is 0.399 e. The number of nitrogens with zero attached hydrogens (tertiary/aromatic N) is 1. The molecule has 1 saturated heterocycles. The van der Waals surface area contributed by atoms with Crippen LogP contribution in [0.5, 0.6) is 0 Å². The molecule has 0 spiro atoms. The Hall–Kier alpha value is -0.490. The van der Waals surface area contributed by atoms with Crippen molar-refractivity contribution < 1.29 is 0 Å². The highest BCUT2D eigenvalue weighted by molar-refractivity contribution is 14.1. The lowest BCUT2D eigenvalue weighted by molar-refractivity contribution is 0.223. The third kappa shape index (κ3) is 4.02. The minimum Gasteiger partial charge on any atom is -0.399 e. The summed E-state index contributed by atoms with van der Waals surface area (Å²) >= 11 is 2.33. The Labute approximate surface area is 123 Å². The number of hydrogen-bond donors (Lipinski definition) is 2. The monoisotopic (exact) mass is 359 g/mol. The summed E-state index contributed by atoms with van der Waals surface area (Å²) in [7, 11) is 0. The molecule has 1 aliphatic heterocycles. The van der Waals surface area contributed by atoms with Gasteiger partial charge in [0.15, 0.2) is 0 Å². The van der Waals surface area contributed by atoms with Crippen LogP contribution in [0.15, 0.2) is 18.2 Å². The second kappa shape index (κ2) is 6.61. The van der Waals surface area contributed by atoms with Crippen molar-refractivity contribution in [1.29, 1.82) is 0 Å². The summed E-state index contributed by atoms with van der Waals surface area (Å²) in [5.41, 5.74) is 7.78. The Morgan fingerprint density at radius 2 is 2.06 bits per heavy atom. The summed E-state index contributed by atoms with van der Waals surface area (Å²) in [5.74, 6) is 0. The van der Waals surface area contributed by atoms with Crippen molar-refractivity contribution in [1.82, 2.24) is 4.90 Å². The smallest absolute Gasteiger partial charge is 0.0479 e. The van der Waals surface area contributed by atoms with Crippen molar-refractivity contribution >= 4 is 34.0 Å². The van der Waals surface area contributed by atoms with Gasteiger partial charge in [-0.05, 0) is 73.6 Å². The van der Waals surface area contributed by atoms with E-state index in [1.807, 2.05) is 12.1 Å². The highest BCUT2D eigenvalue weighted by Crippen LogP contribution is 2.21. The minimum absolute atomic E-state index is 0.472. The molecule has 3 N–H and O–H groups in total. The van der Waals surface area contributed by atoms with Gasteiger partial charge < -0.3 is 16.0 Å². The van der Waals surface area contributed by atoms with Crippen molar-refractivity contribution in [2.24, 2.45) is 0 Å². The van der Waals surface area contributed by atoms with E-state index in [0.717, 1.165) is 12.2 Å². The number of piperidine rings is 1. The van der Waals surface area contributed by atoms with Crippen LogP contribution in [-0.4, -0.2) is 30.6 Å². The fourth-order valence-corrected chi connectivity index (χ4v) is 3.18. The Bertz CT molecular complexity index is 389. The molecule has 2 rings (SSSR count). The summed E-state index contributed by atoms with van der Waals surface area (Å²) in [6.07, 6.45) is 4.10. The number of likely N-dealkylation sites (tertiary alicyclic amines) is 1. The van der Waals surface area contributed by atoms with E-state index in [1.54, 1.807) is 0 Å². The van der Waals surface area contributed by atoms with Gasteiger partial charge in [-0.1, -0.05) is 6.42 Å². The number of benzene rings is 1. The van der Waals surface area contributed by atoms with Crippen molar-refractivity contribution in [3.8, 4) is 0 Å². The first kappa shape index (κ1) is 13.9. The second-order valence-electron chi connectivity index (χ2n) is 5.15. The molecule has 100 valence electrons. The average molecular weight is 359 g/mol. The Morgan fingerprint density at radius 1 is 1.33 bits per heavy atom. The molecule has 0 saturated carbocycles. The lowest BCUT2D eigenvalue weighted by Gasteiger charge is -2.29. The number of halogens is 1. The maximum absolute atomic E-state index is 5.77. The summed E-state index contributed by atoms with van der Waals surface area (Å²) < 4.78 is 1.19. The van der Waals surface area contributed by atoms with Gasteiger partial charge in [0, 0.05) is 27.5 Å². The molecule has 0 radical (unpaired) electrons. The lowest BCUT2D eigenvalue weighted by Crippen LogP contribution is -2.38. The van der Waals surface area contributed by atoms with Gasteiger partial charge in [-0.2, -0.15) is 0 Å². The normalized spacial score (nSPS) is 18.6. The number of nitrogens with one attached hydrogen (secondary N) is 1. The molecular weight excluding hydrogens is 337 g/mol. The molecule has 0 aromatic heterocycles. The molecule has 0 aliphatic carbocycles. The SMILES string of the molecule is CC(CN1CCCCC1)Nc1ccc(N)cc1I. The molecule has 1 aromatic carbocycles. The van der Waals surface area contributed by atoms with Gasteiger partial charge in [-0.15, -0.1) is 0 Å². The van der Waals surface area contributed by atoms with E-state index in [-0.39, 0.29) is 0 Å². The lowest BCUT2D eigenvalue weighted by atomic mass is 10.1. The zero-order valence-corrected chi connectivity index (χ0v) is 13.1. The third-order valence-corrected chi connectivity index (χ3v) is 4.27. The van der Waals surface area contributed by atoms with Gasteiger partial charge in [0.05, 0.1) is 0 Å². The van der Waals surface area contributed by atoms with Gasteiger partial charge >= 0.3 is 0 Å². The Kier molecular flexibility index (Phi) is 5.12. The van der Waals surface area contributed by atoms with Gasteiger partial charge in [0.1, 0.15) is 0 Å². The van der Waals surface area contributed by atoms with Gasteiger partial charge in [0.25, 0.3) is 0 Å². The van der Waals surface area contributed by atoms with Crippen LogP contribution in [0.25, 0.3) is 0 Å². The highest BCUT2D eigenvalue weighted by atomic mass is 127. The molecule has 0 bridgehead atoms. The topological polar surface area (TPSA) is 41.3 Å². The van der Waals surface area contributed by atoms with E-state index >= 15 is 0 Å². The van der Waals surface area contributed by atoms with Crippen LogP contribution in [-0.2, 0) is 0 Å². The van der Waals surface area contributed by atoms with E-state index in [4.69, 9.17) is 5.73 Å². The quantitative estimate of drug-likeness (QED) is 0.641. The minimum atomic E-state index is 0.472. The third-order valence-electron chi connectivity index (χ3n) is 3.38. The first-order valence-electron chi connectivity index (χ1n) is 6.69. The van der Waals surface area contributed by atoms with Crippen LogP contribution in [0.1, 0.15) is 26.2 Å². The Morgan fingerprint density at radius 3 is 2.72 bits per heavy atom. The molecule has 1 aliphatic rings. The number of hydrogen-bond acceptors (Lipinski definition) is 3. The van der Waals surface area contributed by atoms with E-state index in [2.05, 4.69) is 45.8 Å². The molecule has 0 amide bonds. The number of anilines is 2. The van der Waals surface area contributed by atoms with Crippen LogP contribution in [0.3, 0.4) is 0 Å². The number of nitrogens with two attached hydrogens (primary N) is 1. The summed E-state index contributed by atoms with van der Waals surface area (Å²) in [5, 5.41) is 3.58. The van der Waals surface area contributed by atoms with Gasteiger partial charge in [0.2, 0.25) is 0 Å². The average Bonchev–Trinajstić information content (AvgIpc) is 2.34. The second-order valence-corrected chi connectivity index (χ2v) is 6.31. The van der Waals surface area contributed by atoms with Gasteiger partial charge in [-0.3, -0.25) is 0 Å². The molecule has 18 heavy (non-hydrogen) atoms. The van der Waals surface area contributed by atoms with E-state index in [1.165, 1.54) is 41.6 Å². The first-order valence-corrected chi connectivity index (χ1v) is 7.77. The predicted molar refractivity (Wildman–Crippen MR) is 86.9 cm³/mol. The molecule has 1 unspecified atom stereocenters. The maximum atomic E-state index is 5.77. The number of rotatable bonds is 4.